The molecule has 0 saturated carbocycles. The largest absolute Gasteiger partial charge is 0.349 e. The molecule has 4 heteroatoms. The van der Waals surface area contributed by atoms with Crippen LogP contribution in [0.2, 0.25) is 0 Å². The topological polar surface area (TPSA) is 47.7 Å². The average Bonchev–Trinajstić information content (AvgIpc) is 2.62. The molecular weight excluding hydrogens is 168 g/mol. The molecule has 4 nitrogen and oxygen atoms in total. The van der Waals surface area contributed by atoms with Crippen LogP contribution in [0.25, 0.3) is 0 Å². The fourth-order valence-electron chi connectivity index (χ4n) is 1.86. The fraction of sp³-hybridized carbons (Fsp3) is 1.00. The van der Waals surface area contributed by atoms with Crippen molar-refractivity contribution in [1.82, 2.24) is 4.90 Å². The molecular formula is C9H18N2O2. The van der Waals surface area contributed by atoms with Crippen LogP contribution in [0.3, 0.4) is 0 Å². The number of ether oxygens (including phenoxy) is 2. The summed E-state index contributed by atoms with van der Waals surface area (Å²) in [6.07, 6.45) is 2.22. The van der Waals surface area contributed by atoms with Crippen LogP contribution in [0.4, 0.5) is 0 Å². The second-order valence-corrected chi connectivity index (χ2v) is 3.81. The maximum atomic E-state index is 5.82. The van der Waals surface area contributed by atoms with E-state index in [1.807, 2.05) is 0 Å². The van der Waals surface area contributed by atoms with Gasteiger partial charge in [-0.15, -0.1) is 0 Å². The minimum absolute atomic E-state index is 0.00863. The molecule has 0 spiro atoms. The van der Waals surface area contributed by atoms with Gasteiger partial charge in [-0.25, -0.2) is 0 Å². The third-order valence-corrected chi connectivity index (χ3v) is 2.73. The number of hydrogen-bond donors (Lipinski definition) is 1. The first-order valence-corrected chi connectivity index (χ1v) is 5.06. The van der Waals surface area contributed by atoms with Crippen LogP contribution in [-0.2, 0) is 9.47 Å². The van der Waals surface area contributed by atoms with Gasteiger partial charge in [-0.3, -0.25) is 4.90 Å². The van der Waals surface area contributed by atoms with Gasteiger partial charge in [-0.1, -0.05) is 0 Å². The molecule has 76 valence electrons. The zero-order valence-corrected chi connectivity index (χ0v) is 7.95. The highest BCUT2D eigenvalue weighted by Crippen LogP contribution is 2.11. The third-order valence-electron chi connectivity index (χ3n) is 2.73. The van der Waals surface area contributed by atoms with E-state index in [0.29, 0.717) is 6.04 Å². The lowest BCUT2D eigenvalue weighted by Gasteiger charge is -2.31. The summed E-state index contributed by atoms with van der Waals surface area (Å²) in [6, 6.07) is 0.404. The molecule has 2 saturated heterocycles. The van der Waals surface area contributed by atoms with E-state index in [4.69, 9.17) is 15.2 Å². The molecule has 2 aliphatic rings. The van der Waals surface area contributed by atoms with Gasteiger partial charge in [0.05, 0.1) is 13.2 Å². The predicted octanol–water partition coefficient (Wildman–Crippen LogP) is -0.218. The minimum Gasteiger partial charge on any atom is -0.349 e. The molecule has 0 unspecified atom stereocenters. The van der Waals surface area contributed by atoms with Crippen molar-refractivity contribution in [3.8, 4) is 0 Å². The molecule has 2 aliphatic heterocycles. The van der Waals surface area contributed by atoms with Gasteiger partial charge in [0.2, 0.25) is 0 Å². The number of piperidine rings is 1. The van der Waals surface area contributed by atoms with Crippen LogP contribution in [0, 0.1) is 0 Å². The van der Waals surface area contributed by atoms with E-state index in [-0.39, 0.29) is 6.29 Å². The second-order valence-electron chi connectivity index (χ2n) is 3.81. The smallest absolute Gasteiger partial charge is 0.170 e. The molecule has 0 aromatic heterocycles. The summed E-state index contributed by atoms with van der Waals surface area (Å²) in [5, 5.41) is 0. The van der Waals surface area contributed by atoms with E-state index >= 15 is 0 Å². The minimum atomic E-state index is 0.00863. The molecule has 2 N–H and O–H groups in total. The van der Waals surface area contributed by atoms with Gasteiger partial charge < -0.3 is 15.2 Å². The zero-order valence-electron chi connectivity index (χ0n) is 7.95. The second kappa shape index (κ2) is 4.37. The number of nitrogens with zero attached hydrogens (tertiary/aromatic N) is 1. The Morgan fingerprint density at radius 2 is 1.77 bits per heavy atom. The highest BCUT2D eigenvalue weighted by molar-refractivity contribution is 4.75. The molecule has 0 bridgehead atoms. The van der Waals surface area contributed by atoms with Gasteiger partial charge in [0.15, 0.2) is 6.29 Å². The lowest BCUT2D eigenvalue weighted by Crippen LogP contribution is -2.43. The van der Waals surface area contributed by atoms with Gasteiger partial charge in [-0.05, 0) is 25.9 Å². The van der Waals surface area contributed by atoms with Crippen molar-refractivity contribution in [3.63, 3.8) is 0 Å². The highest BCUT2D eigenvalue weighted by Gasteiger charge is 2.22. The molecule has 0 atom stereocenters. The Bertz CT molecular complexity index is 152. The lowest BCUT2D eigenvalue weighted by molar-refractivity contribution is -0.0647. The van der Waals surface area contributed by atoms with Crippen molar-refractivity contribution in [2.45, 2.75) is 25.2 Å². The van der Waals surface area contributed by atoms with Gasteiger partial charge in [0.25, 0.3) is 0 Å². The maximum absolute atomic E-state index is 5.82. The molecule has 0 aliphatic carbocycles. The quantitative estimate of drug-likeness (QED) is 0.648. The number of nitrogens with two attached hydrogens (primary N) is 1. The Hall–Kier alpha value is -0.160. The van der Waals surface area contributed by atoms with E-state index in [2.05, 4.69) is 4.90 Å². The summed E-state index contributed by atoms with van der Waals surface area (Å²) in [5.41, 5.74) is 5.82. The summed E-state index contributed by atoms with van der Waals surface area (Å²) in [4.78, 5) is 2.37. The fourth-order valence-corrected chi connectivity index (χ4v) is 1.86. The van der Waals surface area contributed by atoms with Crippen molar-refractivity contribution in [1.29, 1.82) is 0 Å². The van der Waals surface area contributed by atoms with Crippen LogP contribution in [0.1, 0.15) is 12.8 Å². The molecule has 13 heavy (non-hydrogen) atoms. The monoisotopic (exact) mass is 186 g/mol. The Labute approximate surface area is 79.0 Å². The molecule has 2 fully saturated rings. The predicted molar refractivity (Wildman–Crippen MR) is 49.3 cm³/mol. The first kappa shape index (κ1) is 9.40. The Kier molecular flexibility index (Phi) is 3.16. The van der Waals surface area contributed by atoms with Gasteiger partial charge in [0.1, 0.15) is 0 Å². The molecule has 0 aromatic rings. The SMILES string of the molecule is NC1CCN(CC2OCCO2)CC1. The Morgan fingerprint density at radius 1 is 1.15 bits per heavy atom. The van der Waals surface area contributed by atoms with Gasteiger partial charge in [0, 0.05) is 12.6 Å². The summed E-state index contributed by atoms with van der Waals surface area (Å²) in [6.45, 7) is 4.58. The van der Waals surface area contributed by atoms with Crippen molar-refractivity contribution >= 4 is 0 Å². The summed E-state index contributed by atoms with van der Waals surface area (Å²) in [5.74, 6) is 0. The molecule has 0 radical (unpaired) electrons. The summed E-state index contributed by atoms with van der Waals surface area (Å²) in [7, 11) is 0. The number of likely N-dealkylation sites (tertiary alicyclic amines) is 1. The molecule has 2 rings (SSSR count). The van der Waals surface area contributed by atoms with Crippen molar-refractivity contribution < 1.29 is 9.47 Å². The van der Waals surface area contributed by atoms with E-state index in [0.717, 1.165) is 45.7 Å². The number of rotatable bonds is 2. The Morgan fingerprint density at radius 3 is 2.38 bits per heavy atom. The van der Waals surface area contributed by atoms with Crippen LogP contribution < -0.4 is 5.73 Å². The van der Waals surface area contributed by atoms with Gasteiger partial charge >= 0.3 is 0 Å². The molecule has 0 amide bonds. The van der Waals surface area contributed by atoms with E-state index in [1.165, 1.54) is 0 Å². The first-order chi connectivity index (χ1) is 6.34. The molecule has 0 aromatic carbocycles. The van der Waals surface area contributed by atoms with Crippen molar-refractivity contribution in [2.75, 3.05) is 32.8 Å². The summed E-state index contributed by atoms with van der Waals surface area (Å²) < 4.78 is 10.8. The van der Waals surface area contributed by atoms with E-state index in [9.17, 15) is 0 Å². The normalized spacial score (nSPS) is 28.4. The number of hydrogen-bond acceptors (Lipinski definition) is 4. The highest BCUT2D eigenvalue weighted by atomic mass is 16.7. The van der Waals surface area contributed by atoms with Crippen molar-refractivity contribution in [2.24, 2.45) is 5.73 Å². The average molecular weight is 186 g/mol. The van der Waals surface area contributed by atoms with Crippen molar-refractivity contribution in [3.05, 3.63) is 0 Å². The molecule has 2 heterocycles. The standard InChI is InChI=1S/C9H18N2O2/c10-8-1-3-11(4-2-8)7-9-12-5-6-13-9/h8-9H,1-7,10H2. The van der Waals surface area contributed by atoms with Gasteiger partial charge in [-0.2, -0.15) is 0 Å². The van der Waals surface area contributed by atoms with Crippen LogP contribution in [-0.4, -0.2) is 50.1 Å². The summed E-state index contributed by atoms with van der Waals surface area (Å²) >= 11 is 0. The maximum Gasteiger partial charge on any atom is 0.170 e. The zero-order chi connectivity index (χ0) is 9.10. The van der Waals surface area contributed by atoms with Crippen LogP contribution in [0.5, 0.6) is 0 Å². The first-order valence-electron chi connectivity index (χ1n) is 5.06. The van der Waals surface area contributed by atoms with E-state index < -0.39 is 0 Å². The van der Waals surface area contributed by atoms with Crippen LogP contribution >= 0.6 is 0 Å². The van der Waals surface area contributed by atoms with E-state index in [1.54, 1.807) is 0 Å². The third kappa shape index (κ3) is 2.64. The lowest BCUT2D eigenvalue weighted by atomic mass is 10.1. The van der Waals surface area contributed by atoms with Crippen LogP contribution in [0.15, 0.2) is 0 Å². The Balaban J connectivity index is 1.69.